The van der Waals surface area contributed by atoms with E-state index in [0.29, 0.717) is 6.61 Å². The number of rotatable bonds is 4. The molecule has 0 saturated carbocycles. The first-order valence-electron chi connectivity index (χ1n) is 4.20. The lowest BCUT2D eigenvalue weighted by atomic mass is 10.4. The molecule has 0 fully saturated rings. The summed E-state index contributed by atoms with van der Waals surface area (Å²) in [5, 5.41) is 0.841. The summed E-state index contributed by atoms with van der Waals surface area (Å²) in [6.45, 7) is 0.653. The summed E-state index contributed by atoms with van der Waals surface area (Å²) >= 11 is 1.36. The molecule has 0 aliphatic carbocycles. The Labute approximate surface area is 85.6 Å². The van der Waals surface area contributed by atoms with Gasteiger partial charge in [-0.05, 0) is 0 Å². The van der Waals surface area contributed by atoms with Gasteiger partial charge in [0.25, 0.3) is 0 Å². The van der Waals surface area contributed by atoms with Crippen LogP contribution in [0.1, 0.15) is 5.82 Å². The Morgan fingerprint density at radius 3 is 3.21 bits per heavy atom. The first-order chi connectivity index (χ1) is 6.90. The van der Waals surface area contributed by atoms with Crippen molar-refractivity contribution in [3.63, 3.8) is 0 Å². The second-order valence-electron chi connectivity index (χ2n) is 2.71. The van der Waals surface area contributed by atoms with E-state index in [1.54, 1.807) is 19.6 Å². The van der Waals surface area contributed by atoms with Gasteiger partial charge in [0.1, 0.15) is 12.2 Å². The average molecular weight is 210 g/mol. The Bertz CT molecular complexity index is 384. The molecule has 0 N–H and O–H groups in total. The number of ether oxygens (including phenoxy) is 1. The van der Waals surface area contributed by atoms with Crippen molar-refractivity contribution in [3.8, 4) is 5.13 Å². The van der Waals surface area contributed by atoms with Crippen LogP contribution in [0.4, 0.5) is 0 Å². The van der Waals surface area contributed by atoms with E-state index in [2.05, 4.69) is 14.3 Å². The summed E-state index contributed by atoms with van der Waals surface area (Å²) in [6.07, 6.45) is 6.03. The van der Waals surface area contributed by atoms with E-state index in [0.717, 1.165) is 17.4 Å². The topological polar surface area (TPSA) is 52.8 Å². The normalized spacial score (nSPS) is 10.6. The van der Waals surface area contributed by atoms with Gasteiger partial charge in [0.05, 0.1) is 6.61 Å². The lowest BCUT2D eigenvalue weighted by Crippen LogP contribution is -1.97. The van der Waals surface area contributed by atoms with E-state index < -0.39 is 0 Å². The van der Waals surface area contributed by atoms with Crippen molar-refractivity contribution in [2.75, 3.05) is 13.7 Å². The smallest absolute Gasteiger partial charge is 0.214 e. The monoisotopic (exact) mass is 210 g/mol. The van der Waals surface area contributed by atoms with Crippen molar-refractivity contribution in [2.45, 2.75) is 6.42 Å². The highest BCUT2D eigenvalue weighted by Gasteiger charge is 2.04. The van der Waals surface area contributed by atoms with Crippen LogP contribution < -0.4 is 0 Å². The minimum Gasteiger partial charge on any atom is -0.384 e. The number of hydrogen-bond acceptors (Lipinski definition) is 5. The van der Waals surface area contributed by atoms with Crippen LogP contribution in [0.2, 0.25) is 0 Å². The molecule has 0 amide bonds. The van der Waals surface area contributed by atoms with Crippen LogP contribution in [0.5, 0.6) is 0 Å². The number of nitrogens with zero attached hydrogens (tertiary/aromatic N) is 4. The number of aromatic nitrogens is 4. The molecule has 0 bridgehead atoms. The molecule has 0 aromatic carbocycles. The molecule has 2 aromatic rings. The fraction of sp³-hybridized carbons (Fsp3) is 0.375. The Hall–Kier alpha value is -1.27. The van der Waals surface area contributed by atoms with E-state index in [1.807, 2.05) is 10.8 Å². The number of imidazole rings is 1. The fourth-order valence-corrected chi connectivity index (χ4v) is 1.68. The molecule has 74 valence electrons. The van der Waals surface area contributed by atoms with Crippen molar-refractivity contribution in [2.24, 2.45) is 0 Å². The highest BCUT2D eigenvalue weighted by molar-refractivity contribution is 7.08. The fourth-order valence-electron chi connectivity index (χ4n) is 1.02. The van der Waals surface area contributed by atoms with E-state index in [9.17, 15) is 0 Å². The van der Waals surface area contributed by atoms with Crippen LogP contribution in [-0.4, -0.2) is 32.6 Å². The highest BCUT2D eigenvalue weighted by atomic mass is 32.1. The molecular formula is C8H10N4OS. The van der Waals surface area contributed by atoms with Gasteiger partial charge in [0.15, 0.2) is 0 Å². The zero-order chi connectivity index (χ0) is 9.80. The van der Waals surface area contributed by atoms with Gasteiger partial charge in [-0.3, -0.25) is 4.57 Å². The Kier molecular flexibility index (Phi) is 2.85. The maximum Gasteiger partial charge on any atom is 0.214 e. The van der Waals surface area contributed by atoms with Crippen molar-refractivity contribution < 1.29 is 4.74 Å². The quantitative estimate of drug-likeness (QED) is 0.752. The SMILES string of the molecule is COCCc1nsc(-n2ccnc2)n1. The maximum atomic E-state index is 4.95. The second-order valence-corrected chi connectivity index (χ2v) is 3.44. The van der Waals surface area contributed by atoms with Crippen molar-refractivity contribution in [1.29, 1.82) is 0 Å². The maximum absolute atomic E-state index is 4.95. The summed E-state index contributed by atoms with van der Waals surface area (Å²) in [5.74, 6) is 0.820. The van der Waals surface area contributed by atoms with Gasteiger partial charge in [-0.25, -0.2) is 9.97 Å². The third kappa shape index (κ3) is 1.97. The first kappa shape index (κ1) is 9.29. The first-order valence-corrected chi connectivity index (χ1v) is 4.97. The molecule has 0 radical (unpaired) electrons. The van der Waals surface area contributed by atoms with Crippen LogP contribution in [0.3, 0.4) is 0 Å². The summed E-state index contributed by atoms with van der Waals surface area (Å²) < 4.78 is 11.0. The molecule has 0 spiro atoms. The molecular weight excluding hydrogens is 200 g/mol. The zero-order valence-electron chi connectivity index (χ0n) is 7.75. The Balaban J connectivity index is 2.10. The minimum atomic E-state index is 0.653. The van der Waals surface area contributed by atoms with Crippen LogP contribution in [0.15, 0.2) is 18.7 Å². The minimum absolute atomic E-state index is 0.653. The Morgan fingerprint density at radius 1 is 1.57 bits per heavy atom. The molecule has 2 rings (SSSR count). The molecule has 0 unspecified atom stereocenters. The lowest BCUT2D eigenvalue weighted by Gasteiger charge is -1.93. The predicted molar refractivity (Wildman–Crippen MR) is 52.6 cm³/mol. The van der Waals surface area contributed by atoms with Crippen LogP contribution in [0, 0.1) is 0 Å². The standard InChI is InChI=1S/C8H10N4OS/c1-13-5-2-7-10-8(14-11-7)12-4-3-9-6-12/h3-4,6H,2,5H2,1H3. The van der Waals surface area contributed by atoms with Gasteiger partial charge < -0.3 is 4.74 Å². The van der Waals surface area contributed by atoms with Gasteiger partial charge in [-0.1, -0.05) is 0 Å². The molecule has 2 aromatic heterocycles. The Morgan fingerprint density at radius 2 is 2.50 bits per heavy atom. The predicted octanol–water partition coefficient (Wildman–Crippen LogP) is 0.913. The van der Waals surface area contributed by atoms with Gasteiger partial charge in [0.2, 0.25) is 5.13 Å². The van der Waals surface area contributed by atoms with Gasteiger partial charge >= 0.3 is 0 Å². The summed E-state index contributed by atoms with van der Waals surface area (Å²) in [4.78, 5) is 8.29. The van der Waals surface area contributed by atoms with Gasteiger partial charge in [-0.15, -0.1) is 0 Å². The molecule has 0 aliphatic rings. The van der Waals surface area contributed by atoms with E-state index >= 15 is 0 Å². The highest BCUT2D eigenvalue weighted by Crippen LogP contribution is 2.10. The van der Waals surface area contributed by atoms with Gasteiger partial charge in [0, 0.05) is 37.5 Å². The van der Waals surface area contributed by atoms with Crippen LogP contribution >= 0.6 is 11.5 Å². The molecule has 5 nitrogen and oxygen atoms in total. The average Bonchev–Trinajstić information content (AvgIpc) is 2.85. The molecule has 0 atom stereocenters. The van der Waals surface area contributed by atoms with Crippen molar-refractivity contribution in [3.05, 3.63) is 24.5 Å². The van der Waals surface area contributed by atoms with Crippen molar-refractivity contribution in [1.82, 2.24) is 18.9 Å². The van der Waals surface area contributed by atoms with Gasteiger partial charge in [-0.2, -0.15) is 4.37 Å². The zero-order valence-corrected chi connectivity index (χ0v) is 8.57. The largest absolute Gasteiger partial charge is 0.384 e. The second kappa shape index (κ2) is 4.30. The van der Waals surface area contributed by atoms with E-state index in [-0.39, 0.29) is 0 Å². The third-order valence-corrected chi connectivity index (χ3v) is 2.48. The molecule has 0 aliphatic heterocycles. The number of methoxy groups -OCH3 is 1. The third-order valence-electron chi connectivity index (χ3n) is 1.71. The molecule has 0 saturated heterocycles. The molecule has 6 heteroatoms. The van der Waals surface area contributed by atoms with Crippen LogP contribution in [-0.2, 0) is 11.2 Å². The summed E-state index contributed by atoms with van der Waals surface area (Å²) in [6, 6.07) is 0. The molecule has 2 heterocycles. The van der Waals surface area contributed by atoms with E-state index in [1.165, 1.54) is 11.5 Å². The summed E-state index contributed by atoms with van der Waals surface area (Å²) in [7, 11) is 1.67. The summed E-state index contributed by atoms with van der Waals surface area (Å²) in [5.41, 5.74) is 0. The lowest BCUT2D eigenvalue weighted by molar-refractivity contribution is 0.201. The van der Waals surface area contributed by atoms with Crippen LogP contribution in [0.25, 0.3) is 5.13 Å². The molecule has 14 heavy (non-hydrogen) atoms. The van der Waals surface area contributed by atoms with Crippen molar-refractivity contribution >= 4 is 11.5 Å². The van der Waals surface area contributed by atoms with E-state index in [4.69, 9.17) is 4.74 Å². The number of hydrogen-bond donors (Lipinski definition) is 0.